The van der Waals surface area contributed by atoms with Crippen LogP contribution in [0.25, 0.3) is 0 Å². The predicted molar refractivity (Wildman–Crippen MR) is 77.5 cm³/mol. The fourth-order valence-corrected chi connectivity index (χ4v) is 2.00. The molecule has 2 rings (SSSR count). The van der Waals surface area contributed by atoms with Crippen molar-refractivity contribution in [2.24, 2.45) is 5.84 Å². The first-order valence-electron chi connectivity index (χ1n) is 5.92. The first kappa shape index (κ1) is 13.6. The molecule has 0 aliphatic carbocycles. The van der Waals surface area contributed by atoms with Crippen LogP contribution in [0.3, 0.4) is 0 Å². The van der Waals surface area contributed by atoms with Crippen LogP contribution in [0.15, 0.2) is 35.5 Å². The van der Waals surface area contributed by atoms with E-state index in [0.717, 1.165) is 17.7 Å². The molecule has 0 amide bonds. The molecule has 0 atom stereocenters. The molecule has 5 nitrogen and oxygen atoms in total. The van der Waals surface area contributed by atoms with Crippen LogP contribution in [0.2, 0.25) is 0 Å². The van der Waals surface area contributed by atoms with Crippen molar-refractivity contribution in [3.8, 4) is 11.6 Å². The number of hydrogen-bond donors (Lipinski definition) is 2. The van der Waals surface area contributed by atoms with Crippen molar-refractivity contribution in [1.29, 1.82) is 0 Å². The number of aryl methyl sites for hydroxylation is 1. The van der Waals surface area contributed by atoms with Crippen molar-refractivity contribution < 1.29 is 4.74 Å². The van der Waals surface area contributed by atoms with E-state index < -0.39 is 0 Å². The Balaban J connectivity index is 2.32. The minimum Gasteiger partial charge on any atom is -0.439 e. The third-order valence-electron chi connectivity index (χ3n) is 2.58. The number of nitrogens with one attached hydrogen (secondary N) is 1. The molecule has 0 saturated carbocycles. The number of rotatable bonds is 5. The molecule has 0 aliphatic rings. The Bertz CT molecular complexity index is 540. The molecule has 1 aromatic carbocycles. The lowest BCUT2D eigenvalue weighted by atomic mass is 10.1. The smallest absolute Gasteiger partial charge is 0.225 e. The zero-order chi connectivity index (χ0) is 13.7. The number of ether oxygens (including phenoxy) is 1. The molecule has 100 valence electrons. The van der Waals surface area contributed by atoms with E-state index in [2.05, 4.69) is 22.3 Å². The third kappa shape index (κ3) is 3.36. The van der Waals surface area contributed by atoms with Gasteiger partial charge in [0, 0.05) is 6.07 Å². The Labute approximate surface area is 116 Å². The fraction of sp³-hybridized carbons (Fsp3) is 0.231. The number of hydrazine groups is 1. The van der Waals surface area contributed by atoms with Gasteiger partial charge in [0.2, 0.25) is 5.88 Å². The average Bonchev–Trinajstić information content (AvgIpc) is 2.47. The second-order valence-corrected chi connectivity index (χ2v) is 4.56. The van der Waals surface area contributed by atoms with Crippen LogP contribution in [0.5, 0.6) is 11.6 Å². The highest BCUT2D eigenvalue weighted by atomic mass is 32.2. The van der Waals surface area contributed by atoms with E-state index in [1.807, 2.05) is 30.5 Å². The molecular weight excluding hydrogens is 260 g/mol. The molecule has 0 spiro atoms. The number of aromatic nitrogens is 2. The average molecular weight is 276 g/mol. The molecule has 19 heavy (non-hydrogen) atoms. The Morgan fingerprint density at radius 1 is 1.32 bits per heavy atom. The van der Waals surface area contributed by atoms with Crippen molar-refractivity contribution in [2.45, 2.75) is 18.5 Å². The van der Waals surface area contributed by atoms with E-state index >= 15 is 0 Å². The van der Waals surface area contributed by atoms with E-state index in [1.165, 1.54) is 11.8 Å². The lowest BCUT2D eigenvalue weighted by molar-refractivity contribution is 0.451. The SMILES string of the molecule is CCc1ccccc1Oc1cc(NN)nc(SC)n1. The number of nitrogens with two attached hydrogens (primary N) is 1. The Morgan fingerprint density at radius 3 is 2.79 bits per heavy atom. The number of anilines is 1. The molecule has 0 saturated heterocycles. The topological polar surface area (TPSA) is 73.1 Å². The summed E-state index contributed by atoms with van der Waals surface area (Å²) in [6.45, 7) is 2.09. The van der Waals surface area contributed by atoms with Gasteiger partial charge in [-0.15, -0.1) is 0 Å². The summed E-state index contributed by atoms with van der Waals surface area (Å²) in [7, 11) is 0. The normalized spacial score (nSPS) is 10.3. The summed E-state index contributed by atoms with van der Waals surface area (Å²) in [4.78, 5) is 8.49. The predicted octanol–water partition coefficient (Wildman–Crippen LogP) is 2.84. The minimum atomic E-state index is 0.480. The first-order valence-corrected chi connectivity index (χ1v) is 7.14. The van der Waals surface area contributed by atoms with Crippen molar-refractivity contribution in [1.82, 2.24) is 9.97 Å². The van der Waals surface area contributed by atoms with Crippen molar-refractivity contribution in [2.75, 3.05) is 11.7 Å². The van der Waals surface area contributed by atoms with Gasteiger partial charge in [0.15, 0.2) is 5.16 Å². The van der Waals surface area contributed by atoms with E-state index in [9.17, 15) is 0 Å². The fourth-order valence-electron chi connectivity index (χ4n) is 1.63. The molecule has 6 heteroatoms. The summed E-state index contributed by atoms with van der Waals surface area (Å²) in [5, 5.41) is 0.611. The number of para-hydroxylation sites is 1. The monoisotopic (exact) mass is 276 g/mol. The van der Waals surface area contributed by atoms with Crippen molar-refractivity contribution >= 4 is 17.6 Å². The largest absolute Gasteiger partial charge is 0.439 e. The summed E-state index contributed by atoms with van der Waals surface area (Å²) in [5.41, 5.74) is 3.65. The van der Waals surface area contributed by atoms with Gasteiger partial charge in [0.1, 0.15) is 11.6 Å². The molecule has 0 unspecified atom stereocenters. The van der Waals surface area contributed by atoms with Crippen molar-refractivity contribution in [3.05, 3.63) is 35.9 Å². The molecule has 3 N–H and O–H groups in total. The Kier molecular flexibility index (Phi) is 4.59. The van der Waals surface area contributed by atoms with Gasteiger partial charge in [-0.05, 0) is 24.3 Å². The molecule has 0 radical (unpaired) electrons. The molecule has 2 aromatic rings. The zero-order valence-electron chi connectivity index (χ0n) is 10.9. The summed E-state index contributed by atoms with van der Waals surface area (Å²) >= 11 is 1.44. The van der Waals surface area contributed by atoms with Crippen LogP contribution in [-0.2, 0) is 6.42 Å². The third-order valence-corrected chi connectivity index (χ3v) is 3.13. The quantitative estimate of drug-likeness (QED) is 0.378. The maximum Gasteiger partial charge on any atom is 0.225 e. The number of thioether (sulfide) groups is 1. The van der Waals surface area contributed by atoms with Gasteiger partial charge < -0.3 is 10.2 Å². The van der Waals surface area contributed by atoms with Crippen LogP contribution in [0.1, 0.15) is 12.5 Å². The lowest BCUT2D eigenvalue weighted by Crippen LogP contribution is -2.09. The first-order chi connectivity index (χ1) is 9.26. The number of nitrogen functional groups attached to an aromatic ring is 1. The van der Waals surface area contributed by atoms with Gasteiger partial charge in [-0.25, -0.2) is 10.8 Å². The van der Waals surface area contributed by atoms with E-state index in [-0.39, 0.29) is 0 Å². The maximum absolute atomic E-state index is 5.83. The lowest BCUT2D eigenvalue weighted by Gasteiger charge is -2.10. The number of hydrogen-bond acceptors (Lipinski definition) is 6. The molecule has 1 heterocycles. The number of benzene rings is 1. The molecule has 0 bridgehead atoms. The Morgan fingerprint density at radius 2 is 2.11 bits per heavy atom. The van der Waals surface area contributed by atoms with Crippen molar-refractivity contribution in [3.63, 3.8) is 0 Å². The molecule has 1 aromatic heterocycles. The van der Waals surface area contributed by atoms with Crippen LogP contribution in [0.4, 0.5) is 5.82 Å². The zero-order valence-corrected chi connectivity index (χ0v) is 11.7. The number of nitrogens with zero attached hydrogens (tertiary/aromatic N) is 2. The van der Waals surface area contributed by atoms with E-state index in [0.29, 0.717) is 16.9 Å². The summed E-state index contributed by atoms with van der Waals surface area (Å²) in [6, 6.07) is 9.56. The molecule has 0 fully saturated rings. The van der Waals surface area contributed by atoms with E-state index in [1.54, 1.807) is 6.07 Å². The van der Waals surface area contributed by atoms with Gasteiger partial charge in [0.05, 0.1) is 0 Å². The van der Waals surface area contributed by atoms with Gasteiger partial charge in [0.25, 0.3) is 0 Å². The minimum absolute atomic E-state index is 0.480. The van der Waals surface area contributed by atoms with Gasteiger partial charge >= 0.3 is 0 Å². The van der Waals surface area contributed by atoms with Crippen LogP contribution in [0, 0.1) is 0 Å². The van der Waals surface area contributed by atoms with Gasteiger partial charge in [-0.1, -0.05) is 36.9 Å². The van der Waals surface area contributed by atoms with Crippen LogP contribution in [-0.4, -0.2) is 16.2 Å². The Hall–Kier alpha value is -1.79. The maximum atomic E-state index is 5.83. The van der Waals surface area contributed by atoms with Gasteiger partial charge in [-0.3, -0.25) is 0 Å². The highest BCUT2D eigenvalue weighted by Gasteiger charge is 2.07. The second kappa shape index (κ2) is 6.40. The van der Waals surface area contributed by atoms with Gasteiger partial charge in [-0.2, -0.15) is 4.98 Å². The molecular formula is C13H16N4OS. The highest BCUT2D eigenvalue weighted by Crippen LogP contribution is 2.26. The van der Waals surface area contributed by atoms with Crippen LogP contribution >= 0.6 is 11.8 Å². The van der Waals surface area contributed by atoms with E-state index in [4.69, 9.17) is 10.6 Å². The summed E-state index contributed by atoms with van der Waals surface area (Å²) < 4.78 is 5.83. The standard InChI is InChI=1S/C13H16N4OS/c1-3-9-6-4-5-7-10(9)18-12-8-11(17-14)15-13(16-12)19-2/h4-8H,3,14H2,1-2H3,(H,15,16,17). The summed E-state index contributed by atoms with van der Waals surface area (Å²) in [6.07, 6.45) is 2.80. The van der Waals surface area contributed by atoms with Crippen LogP contribution < -0.4 is 16.0 Å². The highest BCUT2D eigenvalue weighted by molar-refractivity contribution is 7.98. The summed E-state index contributed by atoms with van der Waals surface area (Å²) in [5.74, 6) is 7.20. The second-order valence-electron chi connectivity index (χ2n) is 3.79. The molecule has 0 aliphatic heterocycles.